The molecule has 3 aliphatic rings. The Labute approximate surface area is 398 Å². The van der Waals surface area contributed by atoms with E-state index >= 15 is 0 Å². The molecule has 0 aliphatic carbocycles. The van der Waals surface area contributed by atoms with Crippen LogP contribution in [-0.2, 0) is 29.0 Å². The molecule has 68 heavy (non-hydrogen) atoms. The first-order valence-corrected chi connectivity index (χ1v) is 25.4. The SMILES string of the molecule is CCOc1cc(C(CS(C)(=O)=O)N2C(=O)c3cccc(NC(=O)CCCCCCCCCN4CCN(CC(=O)Nc5ccc(C(=N)C6CCC(=O)NC6=O)c(NC)c5)CC4)c3C2=O)ccc1OC. The fourth-order valence-corrected chi connectivity index (χ4v) is 9.89. The van der Waals surface area contributed by atoms with Gasteiger partial charge >= 0.3 is 0 Å². The minimum absolute atomic E-state index is 0.0333. The van der Waals surface area contributed by atoms with Gasteiger partial charge in [0.1, 0.15) is 9.84 Å². The van der Waals surface area contributed by atoms with E-state index in [0.717, 1.165) is 82.4 Å². The van der Waals surface area contributed by atoms with Gasteiger partial charge in [-0.05, 0) is 80.8 Å². The molecule has 2 unspecified atom stereocenters. The Morgan fingerprint density at radius 3 is 2.22 bits per heavy atom. The van der Waals surface area contributed by atoms with Gasteiger partial charge in [0.05, 0.1) is 60.5 Å². The molecule has 6 rings (SSSR count). The van der Waals surface area contributed by atoms with Gasteiger partial charge in [0, 0.05) is 69.3 Å². The third-order valence-corrected chi connectivity index (χ3v) is 13.4. The largest absolute Gasteiger partial charge is 0.493 e. The summed E-state index contributed by atoms with van der Waals surface area (Å²) in [5.74, 6) is -2.98. The predicted molar refractivity (Wildman–Crippen MR) is 259 cm³/mol. The standard InChI is InChI=1S/C49H64N8O10S/c1-5-67-41-28-32(17-21-40(41)66-3)39(31-68(4,64)65)57-48(62)35-14-13-15-37(45(35)49(57)63)53-42(58)16-11-9-7-6-8-10-12-23-55-24-26-56(27-25-55)30-44(60)52-33-18-19-34(38(29-33)51-2)46(50)36-20-22-43(59)54-47(36)61/h13-15,17-19,21,28-29,36,39,50-51H,5-12,16,20,22-27,30-31H2,1-4H3,(H,52,60)(H,53,58)(H,54,59,61). The highest BCUT2D eigenvalue weighted by Crippen LogP contribution is 2.39. The van der Waals surface area contributed by atoms with Gasteiger partial charge in [-0.3, -0.25) is 43.9 Å². The first-order chi connectivity index (χ1) is 32.6. The lowest BCUT2D eigenvalue weighted by atomic mass is 9.88. The maximum absolute atomic E-state index is 14.0. The summed E-state index contributed by atoms with van der Waals surface area (Å²) in [5, 5.41) is 19.8. The van der Waals surface area contributed by atoms with Gasteiger partial charge in [0.15, 0.2) is 11.5 Å². The second kappa shape index (κ2) is 23.7. The number of hydrogen-bond acceptors (Lipinski definition) is 14. The molecule has 0 bridgehead atoms. The monoisotopic (exact) mass is 956 g/mol. The van der Waals surface area contributed by atoms with Gasteiger partial charge in [-0.2, -0.15) is 0 Å². The quantitative estimate of drug-likeness (QED) is 0.0439. The minimum Gasteiger partial charge on any atom is -0.493 e. The molecule has 5 N–H and O–H groups in total. The summed E-state index contributed by atoms with van der Waals surface area (Å²) in [6.07, 6.45) is 8.63. The molecule has 0 radical (unpaired) electrons. The van der Waals surface area contributed by atoms with Gasteiger partial charge in [0.25, 0.3) is 11.8 Å². The van der Waals surface area contributed by atoms with Crippen molar-refractivity contribution in [2.75, 3.05) is 88.0 Å². The lowest BCUT2D eigenvalue weighted by Gasteiger charge is -2.34. The molecule has 19 heteroatoms. The lowest BCUT2D eigenvalue weighted by molar-refractivity contribution is -0.134. The molecule has 2 atom stereocenters. The smallest absolute Gasteiger partial charge is 0.264 e. The Morgan fingerprint density at radius 2 is 1.54 bits per heavy atom. The second-order valence-electron chi connectivity index (χ2n) is 17.5. The van der Waals surface area contributed by atoms with E-state index in [2.05, 4.69) is 31.1 Å². The molecule has 366 valence electrons. The summed E-state index contributed by atoms with van der Waals surface area (Å²) in [6.45, 7) is 6.71. The highest BCUT2D eigenvalue weighted by molar-refractivity contribution is 7.90. The number of amides is 6. The number of ether oxygens (including phenoxy) is 2. The third kappa shape index (κ3) is 13.3. The van der Waals surface area contributed by atoms with Crippen LogP contribution >= 0.6 is 0 Å². The van der Waals surface area contributed by atoms with Crippen molar-refractivity contribution in [1.82, 2.24) is 20.0 Å². The van der Waals surface area contributed by atoms with Crippen LogP contribution in [-0.4, -0.2) is 136 Å². The van der Waals surface area contributed by atoms with Crippen LogP contribution in [0.2, 0.25) is 0 Å². The summed E-state index contributed by atoms with van der Waals surface area (Å²) in [6, 6.07) is 13.5. The molecule has 3 aromatic rings. The van der Waals surface area contributed by atoms with Crippen molar-refractivity contribution in [1.29, 1.82) is 5.41 Å². The van der Waals surface area contributed by atoms with Crippen molar-refractivity contribution in [3.05, 3.63) is 76.9 Å². The lowest BCUT2D eigenvalue weighted by Crippen LogP contribution is -2.48. The summed E-state index contributed by atoms with van der Waals surface area (Å²) in [4.78, 5) is 83.2. The number of carbonyl (C=O) groups excluding carboxylic acids is 6. The zero-order valence-corrected chi connectivity index (χ0v) is 40.2. The van der Waals surface area contributed by atoms with Gasteiger partial charge in [0.2, 0.25) is 23.6 Å². The van der Waals surface area contributed by atoms with E-state index in [4.69, 9.17) is 14.9 Å². The fraction of sp³-hybridized carbons (Fsp3) is 0.490. The Hall–Kier alpha value is -6.18. The normalized spacial score (nSPS) is 17.1. The molecule has 2 fully saturated rings. The highest BCUT2D eigenvalue weighted by Gasteiger charge is 2.43. The Balaban J connectivity index is 0.862. The molecule has 0 spiro atoms. The molecule has 0 saturated carbocycles. The number of unbranched alkanes of at least 4 members (excludes halogenated alkanes) is 6. The van der Waals surface area contributed by atoms with Crippen molar-refractivity contribution in [3.63, 3.8) is 0 Å². The van der Waals surface area contributed by atoms with Crippen molar-refractivity contribution in [2.45, 2.75) is 77.2 Å². The van der Waals surface area contributed by atoms with Crippen LogP contribution in [0.4, 0.5) is 17.1 Å². The first kappa shape index (κ1) is 51.2. The van der Waals surface area contributed by atoms with Gasteiger partial charge in [-0.1, -0.05) is 44.2 Å². The van der Waals surface area contributed by atoms with Crippen LogP contribution in [0.3, 0.4) is 0 Å². The second-order valence-corrected chi connectivity index (χ2v) is 19.7. The average molecular weight is 957 g/mol. The fourth-order valence-electron chi connectivity index (χ4n) is 8.98. The van der Waals surface area contributed by atoms with Crippen molar-refractivity contribution in [2.24, 2.45) is 5.92 Å². The van der Waals surface area contributed by atoms with Crippen molar-refractivity contribution < 1.29 is 46.7 Å². The Morgan fingerprint density at radius 1 is 0.838 bits per heavy atom. The Kier molecular flexibility index (Phi) is 17.9. The minimum atomic E-state index is -3.68. The molecule has 6 amide bonds. The molecule has 2 saturated heterocycles. The van der Waals surface area contributed by atoms with Crippen LogP contribution in [0, 0.1) is 11.3 Å². The van der Waals surface area contributed by atoms with E-state index < -0.39 is 45.3 Å². The molecule has 3 aliphatic heterocycles. The number of nitrogens with zero attached hydrogens (tertiary/aromatic N) is 3. The molecular formula is C49H64N8O10S. The third-order valence-electron chi connectivity index (χ3n) is 12.5. The molecule has 3 heterocycles. The van der Waals surface area contributed by atoms with Crippen molar-refractivity contribution >= 4 is 68.1 Å². The molecule has 3 aromatic carbocycles. The first-order valence-electron chi connectivity index (χ1n) is 23.4. The van der Waals surface area contributed by atoms with E-state index in [9.17, 15) is 37.2 Å². The number of anilines is 3. The topological polar surface area (TPSA) is 237 Å². The number of imide groups is 2. The highest BCUT2D eigenvalue weighted by atomic mass is 32.2. The van der Waals surface area contributed by atoms with E-state index in [-0.39, 0.29) is 66.1 Å². The number of piperazine rings is 1. The number of nitrogens with one attached hydrogen (secondary N) is 5. The molecule has 0 aromatic heterocycles. The summed E-state index contributed by atoms with van der Waals surface area (Å²) in [7, 11) is -0.483. The van der Waals surface area contributed by atoms with E-state index in [1.54, 1.807) is 62.5 Å². The van der Waals surface area contributed by atoms with Gasteiger partial charge < -0.3 is 35.7 Å². The maximum atomic E-state index is 14.0. The molecule has 18 nitrogen and oxygen atoms in total. The number of carbonyl (C=O) groups is 6. The van der Waals surface area contributed by atoms with E-state index in [0.29, 0.717) is 47.0 Å². The Bertz CT molecular complexity index is 2490. The number of piperidine rings is 1. The van der Waals surface area contributed by atoms with Crippen LogP contribution in [0.1, 0.15) is 109 Å². The maximum Gasteiger partial charge on any atom is 0.264 e. The summed E-state index contributed by atoms with van der Waals surface area (Å²) >= 11 is 0. The van der Waals surface area contributed by atoms with Gasteiger partial charge in [-0.15, -0.1) is 0 Å². The van der Waals surface area contributed by atoms with Crippen LogP contribution in [0.15, 0.2) is 54.6 Å². The van der Waals surface area contributed by atoms with Crippen LogP contribution < -0.4 is 30.7 Å². The number of benzene rings is 3. The predicted octanol–water partition coefficient (Wildman–Crippen LogP) is 5.25. The van der Waals surface area contributed by atoms with Crippen LogP contribution in [0.25, 0.3) is 0 Å². The summed E-state index contributed by atoms with van der Waals surface area (Å²) < 4.78 is 36.3. The molecular weight excluding hydrogens is 893 g/mol. The summed E-state index contributed by atoms with van der Waals surface area (Å²) in [5.41, 5.74) is 2.59. The zero-order chi connectivity index (χ0) is 49.0. The van der Waals surface area contributed by atoms with E-state index in [1.807, 2.05) is 0 Å². The van der Waals surface area contributed by atoms with Crippen LogP contribution in [0.5, 0.6) is 11.5 Å². The van der Waals surface area contributed by atoms with Gasteiger partial charge in [-0.25, -0.2) is 8.42 Å². The van der Waals surface area contributed by atoms with E-state index in [1.165, 1.54) is 13.2 Å². The number of hydrogen-bond donors (Lipinski definition) is 5. The number of fused-ring (bicyclic) bond motifs is 1. The van der Waals surface area contributed by atoms with Crippen molar-refractivity contribution in [3.8, 4) is 11.5 Å². The number of sulfone groups is 1. The zero-order valence-electron chi connectivity index (χ0n) is 39.4. The number of rotatable bonds is 24. The average Bonchev–Trinajstić information content (AvgIpc) is 3.56. The number of methoxy groups -OCH3 is 1.